The summed E-state index contributed by atoms with van der Waals surface area (Å²) >= 11 is 5.96. The number of benzene rings is 2. The summed E-state index contributed by atoms with van der Waals surface area (Å²) in [6, 6.07) is 18.0. The summed E-state index contributed by atoms with van der Waals surface area (Å²) in [6.07, 6.45) is 0. The molecular weight excluding hydrogens is 360 g/mol. The average molecular weight is 381 g/mol. The molecule has 1 fully saturated rings. The number of alkyl halides is 1. The lowest BCUT2D eigenvalue weighted by atomic mass is 10.1. The van der Waals surface area contributed by atoms with Gasteiger partial charge in [0, 0.05) is 31.7 Å². The largest absolute Gasteiger partial charge is 0.351 e. The number of halogens is 1. The van der Waals surface area contributed by atoms with E-state index in [1.807, 2.05) is 47.4 Å². The number of fused-ring (bicyclic) bond motifs is 1. The van der Waals surface area contributed by atoms with E-state index in [1.165, 1.54) is 0 Å². The zero-order chi connectivity index (χ0) is 18.8. The van der Waals surface area contributed by atoms with Gasteiger partial charge in [-0.25, -0.2) is 9.97 Å². The van der Waals surface area contributed by atoms with E-state index in [0.29, 0.717) is 26.2 Å². The molecule has 0 N–H and O–H groups in total. The Morgan fingerprint density at radius 1 is 0.926 bits per heavy atom. The first-order chi connectivity index (χ1) is 13.1. The quantitative estimate of drug-likeness (QED) is 0.652. The molecule has 1 saturated heterocycles. The number of rotatable bonds is 3. The molecule has 0 aliphatic carbocycles. The molecule has 0 unspecified atom stereocenters. The van der Waals surface area contributed by atoms with E-state index < -0.39 is 5.38 Å². The minimum atomic E-state index is -0.489. The summed E-state index contributed by atoms with van der Waals surface area (Å²) < 4.78 is 0. The number of piperazine rings is 1. The van der Waals surface area contributed by atoms with Crippen LogP contribution in [0.5, 0.6) is 0 Å². The lowest BCUT2D eigenvalue weighted by Gasteiger charge is -2.36. The summed E-state index contributed by atoms with van der Waals surface area (Å²) in [5.74, 6) is 0.857. The van der Waals surface area contributed by atoms with E-state index >= 15 is 0 Å². The molecule has 1 aliphatic heterocycles. The summed E-state index contributed by atoms with van der Waals surface area (Å²) in [7, 11) is 0. The van der Waals surface area contributed by atoms with Crippen molar-refractivity contribution >= 4 is 34.4 Å². The second kappa shape index (κ2) is 7.53. The number of amides is 1. The molecule has 3 aromatic rings. The average Bonchev–Trinajstić information content (AvgIpc) is 2.73. The van der Waals surface area contributed by atoms with Gasteiger partial charge in [-0.1, -0.05) is 42.5 Å². The Bertz CT molecular complexity index is 953. The van der Waals surface area contributed by atoms with Crippen LogP contribution in [-0.2, 0) is 4.79 Å². The fourth-order valence-corrected chi connectivity index (χ4v) is 3.53. The molecule has 0 radical (unpaired) electrons. The number of carbonyl (C=O) groups is 1. The Morgan fingerprint density at radius 3 is 2.15 bits per heavy atom. The second-order valence-electron chi connectivity index (χ2n) is 6.68. The molecule has 1 atom stereocenters. The minimum absolute atomic E-state index is 0.0100. The maximum absolute atomic E-state index is 12.2. The van der Waals surface area contributed by atoms with Crippen molar-refractivity contribution in [3.8, 4) is 11.3 Å². The van der Waals surface area contributed by atoms with Gasteiger partial charge in [0.15, 0.2) is 5.82 Å². The number of carbonyl (C=O) groups excluding carboxylic acids is 1. The Kier molecular flexibility index (Phi) is 4.94. The van der Waals surface area contributed by atoms with Crippen molar-refractivity contribution in [2.75, 3.05) is 31.1 Å². The number of hydrogen-bond donors (Lipinski definition) is 0. The third-order valence-corrected chi connectivity index (χ3v) is 5.02. The number of nitrogens with zero attached hydrogens (tertiary/aromatic N) is 4. The highest BCUT2D eigenvalue weighted by Gasteiger charge is 2.26. The lowest BCUT2D eigenvalue weighted by Crippen LogP contribution is -2.50. The van der Waals surface area contributed by atoms with Crippen LogP contribution >= 0.6 is 11.6 Å². The monoisotopic (exact) mass is 380 g/mol. The molecule has 0 saturated carbocycles. The van der Waals surface area contributed by atoms with Crippen molar-refractivity contribution in [2.45, 2.75) is 12.3 Å². The van der Waals surface area contributed by atoms with Gasteiger partial charge in [-0.2, -0.15) is 0 Å². The fraction of sp³-hybridized carbons (Fsp3) is 0.286. The summed E-state index contributed by atoms with van der Waals surface area (Å²) in [5.41, 5.74) is 3.67. The predicted molar refractivity (Wildman–Crippen MR) is 109 cm³/mol. The van der Waals surface area contributed by atoms with Gasteiger partial charge in [0.05, 0.1) is 11.0 Å². The number of para-hydroxylation sites is 2. The van der Waals surface area contributed by atoms with Gasteiger partial charge in [-0.3, -0.25) is 4.79 Å². The molecule has 1 amide bonds. The van der Waals surface area contributed by atoms with E-state index in [-0.39, 0.29) is 5.91 Å². The molecule has 0 bridgehead atoms. The predicted octanol–water partition coefficient (Wildman–Crippen LogP) is 3.57. The smallest absolute Gasteiger partial charge is 0.240 e. The molecule has 1 aromatic heterocycles. The van der Waals surface area contributed by atoms with E-state index in [2.05, 4.69) is 17.0 Å². The van der Waals surface area contributed by atoms with E-state index in [0.717, 1.165) is 28.1 Å². The minimum Gasteiger partial charge on any atom is -0.351 e. The Morgan fingerprint density at radius 2 is 1.52 bits per heavy atom. The van der Waals surface area contributed by atoms with E-state index in [1.54, 1.807) is 6.92 Å². The van der Waals surface area contributed by atoms with Crippen LogP contribution in [0.2, 0.25) is 0 Å². The molecular formula is C21H21ClN4O. The van der Waals surface area contributed by atoms with Crippen molar-refractivity contribution in [3.63, 3.8) is 0 Å². The Balaban J connectivity index is 1.70. The molecule has 5 nitrogen and oxygen atoms in total. The van der Waals surface area contributed by atoms with Gasteiger partial charge < -0.3 is 9.80 Å². The maximum atomic E-state index is 12.2. The van der Waals surface area contributed by atoms with Crippen molar-refractivity contribution in [1.82, 2.24) is 14.9 Å². The zero-order valence-corrected chi connectivity index (χ0v) is 15.9. The Labute approximate surface area is 163 Å². The Hall–Kier alpha value is -2.66. The van der Waals surface area contributed by atoms with Gasteiger partial charge in [0.25, 0.3) is 0 Å². The highest BCUT2D eigenvalue weighted by Crippen LogP contribution is 2.30. The van der Waals surface area contributed by atoms with Gasteiger partial charge in [-0.05, 0) is 19.1 Å². The van der Waals surface area contributed by atoms with Crippen molar-refractivity contribution in [2.24, 2.45) is 0 Å². The standard InChI is InChI=1S/C21H21ClN4O/c1-15(22)21(27)26-13-11-25(12-14-26)20-19(16-7-3-2-4-8-16)23-17-9-5-6-10-18(17)24-20/h2-10,15H,11-14H2,1H3/t15-/m1/s1. The van der Waals surface area contributed by atoms with Crippen molar-refractivity contribution < 1.29 is 4.79 Å². The zero-order valence-electron chi connectivity index (χ0n) is 15.2. The van der Waals surface area contributed by atoms with Crippen LogP contribution in [-0.4, -0.2) is 52.3 Å². The van der Waals surface area contributed by atoms with Crippen LogP contribution in [0.4, 0.5) is 5.82 Å². The molecule has 0 spiro atoms. The topological polar surface area (TPSA) is 49.3 Å². The molecule has 1 aliphatic rings. The highest BCUT2D eigenvalue weighted by molar-refractivity contribution is 6.30. The van der Waals surface area contributed by atoms with Gasteiger partial charge in [0.2, 0.25) is 5.91 Å². The molecule has 6 heteroatoms. The number of anilines is 1. The van der Waals surface area contributed by atoms with Crippen LogP contribution in [0.1, 0.15) is 6.92 Å². The molecule has 4 rings (SSSR count). The first kappa shape index (κ1) is 17.7. The maximum Gasteiger partial charge on any atom is 0.240 e. The first-order valence-electron chi connectivity index (χ1n) is 9.13. The SMILES string of the molecule is C[C@@H](Cl)C(=O)N1CCN(c2nc3ccccc3nc2-c2ccccc2)CC1. The second-order valence-corrected chi connectivity index (χ2v) is 7.33. The molecule has 138 valence electrons. The highest BCUT2D eigenvalue weighted by atomic mass is 35.5. The van der Waals surface area contributed by atoms with Crippen molar-refractivity contribution in [3.05, 3.63) is 54.6 Å². The third kappa shape index (κ3) is 3.60. The van der Waals surface area contributed by atoms with Crippen LogP contribution in [0.15, 0.2) is 54.6 Å². The molecule has 2 aromatic carbocycles. The van der Waals surface area contributed by atoms with Gasteiger partial charge in [0.1, 0.15) is 11.1 Å². The summed E-state index contributed by atoms with van der Waals surface area (Å²) in [5, 5.41) is -0.489. The normalized spacial score (nSPS) is 15.8. The summed E-state index contributed by atoms with van der Waals surface area (Å²) in [4.78, 5) is 26.0. The molecule has 2 heterocycles. The third-order valence-electron chi connectivity index (χ3n) is 4.83. The van der Waals surface area contributed by atoms with E-state index in [4.69, 9.17) is 21.6 Å². The fourth-order valence-electron chi connectivity index (χ4n) is 3.39. The first-order valence-corrected chi connectivity index (χ1v) is 9.57. The van der Waals surface area contributed by atoms with Crippen molar-refractivity contribution in [1.29, 1.82) is 0 Å². The van der Waals surface area contributed by atoms with Crippen LogP contribution in [0, 0.1) is 0 Å². The van der Waals surface area contributed by atoms with E-state index in [9.17, 15) is 4.79 Å². The van der Waals surface area contributed by atoms with Crippen LogP contribution in [0.25, 0.3) is 22.3 Å². The van der Waals surface area contributed by atoms with Gasteiger partial charge >= 0.3 is 0 Å². The number of aromatic nitrogens is 2. The molecule has 27 heavy (non-hydrogen) atoms. The van der Waals surface area contributed by atoms with Gasteiger partial charge in [-0.15, -0.1) is 11.6 Å². The summed E-state index contributed by atoms with van der Waals surface area (Å²) in [6.45, 7) is 4.42. The van der Waals surface area contributed by atoms with Crippen LogP contribution in [0.3, 0.4) is 0 Å². The lowest BCUT2D eigenvalue weighted by molar-refractivity contribution is -0.130. The number of hydrogen-bond acceptors (Lipinski definition) is 4. The van der Waals surface area contributed by atoms with Crippen LogP contribution < -0.4 is 4.90 Å².